The highest BCUT2D eigenvalue weighted by atomic mass is 16.2. The van der Waals surface area contributed by atoms with Crippen LogP contribution in [0, 0.1) is 18.3 Å². The van der Waals surface area contributed by atoms with Gasteiger partial charge in [-0.3, -0.25) is 9.36 Å². The van der Waals surface area contributed by atoms with Gasteiger partial charge in [0, 0.05) is 24.6 Å². The summed E-state index contributed by atoms with van der Waals surface area (Å²) >= 11 is 0. The number of benzene rings is 2. The first kappa shape index (κ1) is 19.6. The summed E-state index contributed by atoms with van der Waals surface area (Å²) < 4.78 is 1.70. The molecule has 0 spiro atoms. The largest absolute Gasteiger partial charge is 0.343 e. The van der Waals surface area contributed by atoms with Gasteiger partial charge in [0.2, 0.25) is 0 Å². The van der Waals surface area contributed by atoms with Crippen molar-refractivity contribution in [1.29, 1.82) is 5.26 Å². The van der Waals surface area contributed by atoms with Crippen LogP contribution in [-0.4, -0.2) is 38.7 Å². The number of hydrogen-bond acceptors (Lipinski definition) is 4. The Bertz CT molecular complexity index is 1130. The summed E-state index contributed by atoms with van der Waals surface area (Å²) in [6.45, 7) is 3.73. The maximum Gasteiger partial charge on any atom is 0.343 e. The first-order valence-corrected chi connectivity index (χ1v) is 10.1. The Morgan fingerprint density at radius 3 is 2.43 bits per heavy atom. The average Bonchev–Trinajstić information content (AvgIpc) is 3.15. The van der Waals surface area contributed by atoms with Crippen molar-refractivity contribution in [3.8, 4) is 6.07 Å². The van der Waals surface area contributed by atoms with Gasteiger partial charge in [-0.05, 0) is 49.6 Å². The molecule has 1 N–H and O–H groups in total. The molecule has 1 amide bonds. The number of aryl methyl sites for hydroxylation is 1. The van der Waals surface area contributed by atoms with E-state index >= 15 is 0 Å². The van der Waals surface area contributed by atoms with E-state index in [1.165, 1.54) is 5.56 Å². The molecule has 2 aromatic carbocycles. The van der Waals surface area contributed by atoms with Crippen molar-refractivity contribution in [2.75, 3.05) is 13.1 Å². The Kier molecular flexibility index (Phi) is 5.48. The monoisotopic (exact) mass is 401 g/mol. The van der Waals surface area contributed by atoms with E-state index in [-0.39, 0.29) is 17.5 Å². The highest BCUT2D eigenvalue weighted by molar-refractivity contribution is 5.94. The van der Waals surface area contributed by atoms with Crippen molar-refractivity contribution in [1.82, 2.24) is 19.7 Å². The molecule has 7 heteroatoms. The molecule has 7 nitrogen and oxygen atoms in total. The summed E-state index contributed by atoms with van der Waals surface area (Å²) in [5, 5.41) is 15.8. The average molecular weight is 401 g/mol. The number of likely N-dealkylation sites (tertiary alicyclic amines) is 1. The van der Waals surface area contributed by atoms with Crippen molar-refractivity contribution in [3.63, 3.8) is 0 Å². The minimum atomic E-state index is -0.207. The van der Waals surface area contributed by atoms with Crippen molar-refractivity contribution in [3.05, 3.63) is 87.1 Å². The zero-order valence-electron chi connectivity index (χ0n) is 16.8. The van der Waals surface area contributed by atoms with Gasteiger partial charge in [0.25, 0.3) is 5.91 Å². The Hall–Kier alpha value is -3.66. The van der Waals surface area contributed by atoms with Gasteiger partial charge in [0.1, 0.15) is 5.82 Å². The molecule has 1 aromatic heterocycles. The first-order valence-electron chi connectivity index (χ1n) is 10.1. The molecule has 2 heterocycles. The minimum Gasteiger partial charge on any atom is -0.339 e. The van der Waals surface area contributed by atoms with Gasteiger partial charge in [-0.25, -0.2) is 9.89 Å². The summed E-state index contributed by atoms with van der Waals surface area (Å²) in [7, 11) is 0. The SMILES string of the molecule is Cc1ccc(Cn2c(C3CCN(C(=O)c4ccc(C#N)cc4)CC3)n[nH]c2=O)cc1. The second-order valence-corrected chi connectivity index (χ2v) is 7.71. The third kappa shape index (κ3) is 4.03. The van der Waals surface area contributed by atoms with Crippen LogP contribution < -0.4 is 5.69 Å². The van der Waals surface area contributed by atoms with Crippen molar-refractivity contribution in [2.45, 2.75) is 32.2 Å². The standard InChI is InChI=1S/C23H23N5O2/c1-16-2-4-18(5-3-16)15-28-21(25-26-23(28)30)19-10-12-27(13-11-19)22(29)20-8-6-17(14-24)7-9-20/h2-9,19H,10-13,15H2,1H3,(H,26,30). The highest BCUT2D eigenvalue weighted by Gasteiger charge is 2.28. The lowest BCUT2D eigenvalue weighted by Crippen LogP contribution is -2.38. The smallest absolute Gasteiger partial charge is 0.339 e. The molecular formula is C23H23N5O2. The lowest BCUT2D eigenvalue weighted by Gasteiger charge is -2.31. The molecule has 0 atom stereocenters. The van der Waals surface area contributed by atoms with Gasteiger partial charge in [-0.2, -0.15) is 10.4 Å². The second-order valence-electron chi connectivity index (χ2n) is 7.71. The van der Waals surface area contributed by atoms with Gasteiger partial charge >= 0.3 is 5.69 Å². The van der Waals surface area contributed by atoms with E-state index in [0.29, 0.717) is 30.8 Å². The normalized spacial score (nSPS) is 14.5. The van der Waals surface area contributed by atoms with Crippen LogP contribution >= 0.6 is 0 Å². The number of aromatic nitrogens is 3. The van der Waals surface area contributed by atoms with Gasteiger partial charge in [0.15, 0.2) is 0 Å². The molecule has 1 fully saturated rings. The lowest BCUT2D eigenvalue weighted by atomic mass is 9.95. The van der Waals surface area contributed by atoms with E-state index in [2.05, 4.69) is 16.3 Å². The van der Waals surface area contributed by atoms with Gasteiger partial charge < -0.3 is 4.90 Å². The van der Waals surface area contributed by atoms with Crippen LogP contribution in [0.2, 0.25) is 0 Å². The number of carbonyl (C=O) groups is 1. The summed E-state index contributed by atoms with van der Waals surface area (Å²) in [6, 6.07) is 16.9. The highest BCUT2D eigenvalue weighted by Crippen LogP contribution is 2.27. The number of nitrogens with one attached hydrogen (secondary N) is 1. The van der Waals surface area contributed by atoms with Crippen LogP contribution in [0.5, 0.6) is 0 Å². The van der Waals surface area contributed by atoms with Crippen LogP contribution in [0.15, 0.2) is 53.3 Å². The van der Waals surface area contributed by atoms with Crippen LogP contribution in [-0.2, 0) is 6.54 Å². The fourth-order valence-corrected chi connectivity index (χ4v) is 3.88. The molecule has 0 saturated carbocycles. The molecule has 4 rings (SSSR count). The van der Waals surface area contributed by atoms with E-state index in [9.17, 15) is 9.59 Å². The maximum atomic E-state index is 12.7. The molecule has 1 aliphatic heterocycles. The summed E-state index contributed by atoms with van der Waals surface area (Å²) in [5.74, 6) is 0.850. The number of aromatic amines is 1. The van der Waals surface area contributed by atoms with E-state index in [1.807, 2.05) is 36.1 Å². The Morgan fingerprint density at radius 1 is 1.13 bits per heavy atom. The number of amides is 1. The Balaban J connectivity index is 1.44. The minimum absolute atomic E-state index is 0.0305. The number of hydrogen-bond donors (Lipinski definition) is 1. The van der Waals surface area contributed by atoms with Crippen molar-refractivity contribution < 1.29 is 4.79 Å². The summed E-state index contributed by atoms with van der Waals surface area (Å²) in [6.07, 6.45) is 1.50. The number of piperidine rings is 1. The predicted octanol–water partition coefficient (Wildman–Crippen LogP) is 2.82. The molecule has 3 aromatic rings. The molecule has 1 aliphatic rings. The third-order valence-electron chi connectivity index (χ3n) is 5.66. The molecular weight excluding hydrogens is 378 g/mol. The van der Waals surface area contributed by atoms with Gasteiger partial charge in [-0.15, -0.1) is 0 Å². The first-order chi connectivity index (χ1) is 14.5. The molecule has 0 radical (unpaired) electrons. The van der Waals surface area contributed by atoms with Crippen molar-refractivity contribution >= 4 is 5.91 Å². The zero-order chi connectivity index (χ0) is 21.1. The van der Waals surface area contributed by atoms with Crippen LogP contribution in [0.4, 0.5) is 0 Å². The van der Waals surface area contributed by atoms with Crippen LogP contribution in [0.3, 0.4) is 0 Å². The van der Waals surface area contributed by atoms with Crippen molar-refractivity contribution in [2.24, 2.45) is 0 Å². The van der Waals surface area contributed by atoms with Gasteiger partial charge in [-0.1, -0.05) is 29.8 Å². The Labute approximate surface area is 174 Å². The topological polar surface area (TPSA) is 94.8 Å². The number of carbonyl (C=O) groups excluding carboxylic acids is 1. The fourth-order valence-electron chi connectivity index (χ4n) is 3.88. The molecule has 0 bridgehead atoms. The molecule has 152 valence electrons. The molecule has 1 saturated heterocycles. The molecule has 0 unspecified atom stereocenters. The zero-order valence-corrected chi connectivity index (χ0v) is 16.8. The number of H-pyrrole nitrogens is 1. The number of nitriles is 1. The van der Waals surface area contributed by atoms with Gasteiger partial charge in [0.05, 0.1) is 18.2 Å². The van der Waals surface area contributed by atoms with E-state index in [1.54, 1.807) is 28.8 Å². The summed E-state index contributed by atoms with van der Waals surface area (Å²) in [5.41, 5.74) is 3.15. The maximum absolute atomic E-state index is 12.7. The summed E-state index contributed by atoms with van der Waals surface area (Å²) in [4.78, 5) is 26.9. The fraction of sp³-hybridized carbons (Fsp3) is 0.304. The van der Waals surface area contributed by atoms with E-state index in [4.69, 9.17) is 5.26 Å². The predicted molar refractivity (Wildman–Crippen MR) is 112 cm³/mol. The number of rotatable bonds is 4. The Morgan fingerprint density at radius 2 is 1.80 bits per heavy atom. The van der Waals surface area contributed by atoms with E-state index < -0.39 is 0 Å². The van der Waals surface area contributed by atoms with Crippen LogP contribution in [0.1, 0.15) is 51.6 Å². The second kappa shape index (κ2) is 8.37. The van der Waals surface area contributed by atoms with Crippen LogP contribution in [0.25, 0.3) is 0 Å². The third-order valence-corrected chi connectivity index (χ3v) is 5.66. The molecule has 0 aliphatic carbocycles. The quantitative estimate of drug-likeness (QED) is 0.727. The number of nitrogens with zero attached hydrogens (tertiary/aromatic N) is 4. The lowest BCUT2D eigenvalue weighted by molar-refractivity contribution is 0.0710. The molecule has 30 heavy (non-hydrogen) atoms. The van der Waals surface area contributed by atoms with E-state index in [0.717, 1.165) is 24.2 Å².